The third kappa shape index (κ3) is 2.85. The van der Waals surface area contributed by atoms with E-state index < -0.39 is 0 Å². The van der Waals surface area contributed by atoms with Crippen LogP contribution in [0.3, 0.4) is 0 Å². The molecule has 0 saturated heterocycles. The molecule has 0 spiro atoms. The second kappa shape index (κ2) is 4.59. The molecular formula is C12H13ClN4. The average Bonchev–Trinajstić information content (AvgIpc) is 2.22. The van der Waals surface area contributed by atoms with Crippen LogP contribution in [-0.2, 0) is 0 Å². The third-order valence-electron chi connectivity index (χ3n) is 2.23. The predicted octanol–water partition coefficient (Wildman–Crippen LogP) is 3.07. The van der Waals surface area contributed by atoms with Crippen LogP contribution < -0.4 is 11.1 Å². The number of hydrogen-bond acceptors (Lipinski definition) is 4. The monoisotopic (exact) mass is 248 g/mol. The first-order chi connectivity index (χ1) is 8.04. The van der Waals surface area contributed by atoms with Gasteiger partial charge in [-0.1, -0.05) is 11.6 Å². The first-order valence-corrected chi connectivity index (χ1v) is 5.57. The summed E-state index contributed by atoms with van der Waals surface area (Å²) in [5.74, 6) is 0.559. The lowest BCUT2D eigenvalue weighted by Crippen LogP contribution is -2.00. The molecule has 0 bridgehead atoms. The Kier molecular flexibility index (Phi) is 3.15. The Balaban J connectivity index is 2.28. The number of anilines is 3. The zero-order valence-electron chi connectivity index (χ0n) is 9.66. The standard InChI is InChI=1S/C12H13ClN4/c1-7-5-8(2)16-12(15-7)17-9-3-4-10(13)11(14)6-9/h3-6H,14H2,1-2H3,(H,15,16,17). The maximum atomic E-state index is 5.85. The van der Waals surface area contributed by atoms with Crippen LogP contribution in [0, 0.1) is 13.8 Å². The van der Waals surface area contributed by atoms with Crippen molar-refractivity contribution in [2.45, 2.75) is 13.8 Å². The van der Waals surface area contributed by atoms with Crippen molar-refractivity contribution >= 4 is 28.9 Å². The number of aryl methyl sites for hydroxylation is 2. The Morgan fingerprint density at radius 2 is 1.76 bits per heavy atom. The molecule has 3 N–H and O–H groups in total. The zero-order chi connectivity index (χ0) is 12.4. The van der Waals surface area contributed by atoms with Gasteiger partial charge in [-0.3, -0.25) is 0 Å². The van der Waals surface area contributed by atoms with Crippen molar-refractivity contribution < 1.29 is 0 Å². The first kappa shape index (κ1) is 11.7. The van der Waals surface area contributed by atoms with Gasteiger partial charge in [0, 0.05) is 17.1 Å². The van der Waals surface area contributed by atoms with E-state index in [2.05, 4.69) is 15.3 Å². The molecule has 0 atom stereocenters. The highest BCUT2D eigenvalue weighted by Crippen LogP contribution is 2.23. The van der Waals surface area contributed by atoms with Crippen LogP contribution in [0.1, 0.15) is 11.4 Å². The fourth-order valence-electron chi connectivity index (χ4n) is 1.53. The Hall–Kier alpha value is -1.81. The van der Waals surface area contributed by atoms with Gasteiger partial charge in [0.15, 0.2) is 0 Å². The summed E-state index contributed by atoms with van der Waals surface area (Å²) in [4.78, 5) is 8.57. The van der Waals surface area contributed by atoms with Gasteiger partial charge in [-0.2, -0.15) is 0 Å². The number of rotatable bonds is 2. The summed E-state index contributed by atoms with van der Waals surface area (Å²) in [6.07, 6.45) is 0. The molecule has 0 amide bonds. The van der Waals surface area contributed by atoms with E-state index in [1.807, 2.05) is 26.0 Å². The van der Waals surface area contributed by atoms with Crippen LogP contribution in [0.15, 0.2) is 24.3 Å². The van der Waals surface area contributed by atoms with Gasteiger partial charge in [0.25, 0.3) is 0 Å². The summed E-state index contributed by atoms with van der Waals surface area (Å²) >= 11 is 5.85. The van der Waals surface area contributed by atoms with E-state index in [4.69, 9.17) is 17.3 Å². The summed E-state index contributed by atoms with van der Waals surface area (Å²) in [6.45, 7) is 3.85. The third-order valence-corrected chi connectivity index (χ3v) is 2.58. The highest BCUT2D eigenvalue weighted by atomic mass is 35.5. The molecule has 0 saturated carbocycles. The van der Waals surface area contributed by atoms with Crippen molar-refractivity contribution in [3.8, 4) is 0 Å². The Bertz CT molecular complexity index is 534. The van der Waals surface area contributed by atoms with Crippen LogP contribution in [0.25, 0.3) is 0 Å². The van der Waals surface area contributed by atoms with E-state index in [0.717, 1.165) is 17.1 Å². The van der Waals surface area contributed by atoms with Crippen LogP contribution in [-0.4, -0.2) is 9.97 Å². The quantitative estimate of drug-likeness (QED) is 0.802. The predicted molar refractivity (Wildman–Crippen MR) is 70.7 cm³/mol. The number of nitrogens with one attached hydrogen (secondary N) is 1. The number of nitrogens with two attached hydrogens (primary N) is 1. The van der Waals surface area contributed by atoms with E-state index in [-0.39, 0.29) is 0 Å². The Labute approximate surface area is 105 Å². The molecule has 2 aromatic rings. The summed E-state index contributed by atoms with van der Waals surface area (Å²) < 4.78 is 0. The maximum absolute atomic E-state index is 5.85. The number of nitrogen functional groups attached to an aromatic ring is 1. The molecule has 0 unspecified atom stereocenters. The van der Waals surface area contributed by atoms with Gasteiger partial charge in [-0.15, -0.1) is 0 Å². The Morgan fingerprint density at radius 1 is 1.12 bits per heavy atom. The van der Waals surface area contributed by atoms with E-state index in [1.54, 1.807) is 12.1 Å². The van der Waals surface area contributed by atoms with Gasteiger partial charge in [-0.05, 0) is 38.1 Å². The molecule has 1 aromatic heterocycles. The summed E-state index contributed by atoms with van der Waals surface area (Å²) in [7, 11) is 0. The molecule has 0 aliphatic carbocycles. The van der Waals surface area contributed by atoms with Crippen molar-refractivity contribution in [3.63, 3.8) is 0 Å². The van der Waals surface area contributed by atoms with E-state index >= 15 is 0 Å². The van der Waals surface area contributed by atoms with E-state index in [0.29, 0.717) is 16.7 Å². The molecule has 0 radical (unpaired) electrons. The molecule has 1 aromatic carbocycles. The second-order valence-corrected chi connectivity index (χ2v) is 4.24. The number of halogens is 1. The summed E-state index contributed by atoms with van der Waals surface area (Å²) in [6, 6.07) is 7.24. The maximum Gasteiger partial charge on any atom is 0.227 e. The van der Waals surface area contributed by atoms with Crippen molar-refractivity contribution in [1.29, 1.82) is 0 Å². The van der Waals surface area contributed by atoms with Crippen LogP contribution in [0.2, 0.25) is 5.02 Å². The van der Waals surface area contributed by atoms with Gasteiger partial charge in [0.05, 0.1) is 10.7 Å². The van der Waals surface area contributed by atoms with E-state index in [1.165, 1.54) is 0 Å². The lowest BCUT2D eigenvalue weighted by molar-refractivity contribution is 1.06. The number of benzene rings is 1. The molecule has 0 aliphatic heterocycles. The van der Waals surface area contributed by atoms with Crippen LogP contribution in [0.5, 0.6) is 0 Å². The minimum Gasteiger partial charge on any atom is -0.397 e. The SMILES string of the molecule is Cc1cc(C)nc(Nc2ccc(Cl)c(N)c2)n1. The molecule has 5 heteroatoms. The van der Waals surface area contributed by atoms with Gasteiger partial charge in [-0.25, -0.2) is 9.97 Å². The largest absolute Gasteiger partial charge is 0.397 e. The molecule has 1 heterocycles. The van der Waals surface area contributed by atoms with Gasteiger partial charge >= 0.3 is 0 Å². The minimum absolute atomic E-state index is 0.529. The highest BCUT2D eigenvalue weighted by molar-refractivity contribution is 6.33. The minimum atomic E-state index is 0.529. The Morgan fingerprint density at radius 3 is 2.35 bits per heavy atom. The molecular weight excluding hydrogens is 236 g/mol. The number of aromatic nitrogens is 2. The van der Waals surface area contributed by atoms with Gasteiger partial charge < -0.3 is 11.1 Å². The van der Waals surface area contributed by atoms with Crippen LogP contribution >= 0.6 is 11.6 Å². The van der Waals surface area contributed by atoms with Crippen molar-refractivity contribution in [2.75, 3.05) is 11.1 Å². The number of nitrogens with zero attached hydrogens (tertiary/aromatic N) is 2. The fourth-order valence-corrected chi connectivity index (χ4v) is 1.65. The van der Waals surface area contributed by atoms with Crippen molar-refractivity contribution in [2.24, 2.45) is 0 Å². The smallest absolute Gasteiger partial charge is 0.227 e. The second-order valence-electron chi connectivity index (χ2n) is 3.84. The lowest BCUT2D eigenvalue weighted by Gasteiger charge is -2.07. The fraction of sp³-hybridized carbons (Fsp3) is 0.167. The average molecular weight is 249 g/mol. The lowest BCUT2D eigenvalue weighted by atomic mass is 10.3. The zero-order valence-corrected chi connectivity index (χ0v) is 10.4. The molecule has 0 fully saturated rings. The topological polar surface area (TPSA) is 63.8 Å². The molecule has 2 rings (SSSR count). The van der Waals surface area contributed by atoms with E-state index in [9.17, 15) is 0 Å². The van der Waals surface area contributed by atoms with Crippen LogP contribution in [0.4, 0.5) is 17.3 Å². The molecule has 17 heavy (non-hydrogen) atoms. The highest BCUT2D eigenvalue weighted by Gasteiger charge is 2.02. The summed E-state index contributed by atoms with van der Waals surface area (Å²) in [5.41, 5.74) is 8.90. The van der Waals surface area contributed by atoms with Crippen molar-refractivity contribution in [1.82, 2.24) is 9.97 Å². The van der Waals surface area contributed by atoms with Crippen molar-refractivity contribution in [3.05, 3.63) is 40.7 Å². The normalized spacial score (nSPS) is 10.3. The molecule has 0 aliphatic rings. The van der Waals surface area contributed by atoms with Gasteiger partial charge in [0.2, 0.25) is 5.95 Å². The number of hydrogen-bond donors (Lipinski definition) is 2. The molecule has 4 nitrogen and oxygen atoms in total. The first-order valence-electron chi connectivity index (χ1n) is 5.19. The molecule has 88 valence electrons. The summed E-state index contributed by atoms with van der Waals surface area (Å²) in [5, 5.41) is 3.63. The van der Waals surface area contributed by atoms with Gasteiger partial charge in [0.1, 0.15) is 0 Å².